The third-order valence-electron chi connectivity index (χ3n) is 5.15. The molecule has 0 amide bonds. The van der Waals surface area contributed by atoms with Crippen molar-refractivity contribution >= 4 is 22.7 Å². The summed E-state index contributed by atoms with van der Waals surface area (Å²) in [5, 5.41) is 4.24. The van der Waals surface area contributed by atoms with Gasteiger partial charge in [-0.25, -0.2) is 0 Å². The number of hydrogen-bond acceptors (Lipinski definition) is 3. The molecule has 1 aliphatic heterocycles. The molecule has 0 aliphatic carbocycles. The third-order valence-corrected chi connectivity index (χ3v) is 6.96. The molecule has 0 N–H and O–H groups in total. The summed E-state index contributed by atoms with van der Waals surface area (Å²) < 4.78 is 6.64. The van der Waals surface area contributed by atoms with Crippen LogP contribution in [0.25, 0.3) is 20.9 Å². The smallest absolute Gasteiger partial charge is 0.140 e. The Hall–Kier alpha value is -2.36. The highest BCUT2D eigenvalue weighted by molar-refractivity contribution is 7.13. The fourth-order valence-electron chi connectivity index (χ4n) is 3.78. The predicted octanol–water partition coefficient (Wildman–Crippen LogP) is 7.58. The molecule has 0 fully saturated rings. The van der Waals surface area contributed by atoms with Crippen molar-refractivity contribution in [3.05, 3.63) is 82.6 Å². The lowest BCUT2D eigenvalue weighted by Crippen LogP contribution is -2.24. The first-order chi connectivity index (χ1) is 12.7. The van der Waals surface area contributed by atoms with Crippen LogP contribution in [0, 0.1) is 0 Å². The van der Waals surface area contributed by atoms with Gasteiger partial charge >= 0.3 is 0 Å². The Kier molecular flexibility index (Phi) is 3.56. The Morgan fingerprint density at radius 2 is 1.15 bits per heavy atom. The summed E-state index contributed by atoms with van der Waals surface area (Å²) in [5.74, 6) is 1.99. The molecule has 1 aliphatic rings. The Balaban J connectivity index is 1.78. The average Bonchev–Trinajstić information content (AvgIpc) is 3.35. The largest absolute Gasteiger partial charge is 0.455 e. The zero-order chi connectivity index (χ0) is 17.7. The van der Waals surface area contributed by atoms with Gasteiger partial charge < -0.3 is 4.74 Å². The number of fused-ring (bicyclic) bond motifs is 2. The summed E-state index contributed by atoms with van der Waals surface area (Å²) in [6.07, 6.45) is 0. The second kappa shape index (κ2) is 5.83. The van der Waals surface area contributed by atoms with Crippen molar-refractivity contribution in [1.29, 1.82) is 0 Å². The second-order valence-corrected chi connectivity index (χ2v) is 8.94. The van der Waals surface area contributed by atoms with Crippen LogP contribution in [-0.2, 0) is 5.41 Å². The van der Waals surface area contributed by atoms with Gasteiger partial charge in [-0.15, -0.1) is 22.7 Å². The minimum atomic E-state index is -0.108. The van der Waals surface area contributed by atoms with Gasteiger partial charge in [-0.1, -0.05) is 50.2 Å². The Morgan fingerprint density at radius 3 is 1.58 bits per heavy atom. The van der Waals surface area contributed by atoms with Gasteiger partial charge in [-0.05, 0) is 35.0 Å². The topological polar surface area (TPSA) is 9.23 Å². The third kappa shape index (κ3) is 2.28. The molecule has 2 aromatic carbocycles. The molecule has 3 heteroatoms. The molecule has 5 rings (SSSR count). The summed E-state index contributed by atoms with van der Waals surface area (Å²) in [7, 11) is 0. The van der Waals surface area contributed by atoms with E-state index in [4.69, 9.17) is 4.74 Å². The molecule has 128 valence electrons. The number of ether oxygens (including phenoxy) is 1. The molecule has 0 unspecified atom stereocenters. The van der Waals surface area contributed by atoms with Gasteiger partial charge in [0.2, 0.25) is 0 Å². The predicted molar refractivity (Wildman–Crippen MR) is 112 cm³/mol. The van der Waals surface area contributed by atoms with Crippen molar-refractivity contribution < 1.29 is 4.74 Å². The number of benzene rings is 2. The van der Waals surface area contributed by atoms with Gasteiger partial charge in [0.15, 0.2) is 0 Å². The summed E-state index contributed by atoms with van der Waals surface area (Å²) in [4.78, 5) is 2.49. The number of thiophene rings is 2. The maximum absolute atomic E-state index is 6.64. The van der Waals surface area contributed by atoms with E-state index >= 15 is 0 Å². The van der Waals surface area contributed by atoms with Crippen LogP contribution in [0.5, 0.6) is 11.5 Å². The minimum Gasteiger partial charge on any atom is -0.455 e. The molecule has 26 heavy (non-hydrogen) atoms. The number of para-hydroxylation sites is 2. The first kappa shape index (κ1) is 15.9. The van der Waals surface area contributed by atoms with E-state index in [2.05, 4.69) is 85.3 Å². The quantitative estimate of drug-likeness (QED) is 0.351. The Labute approximate surface area is 161 Å². The van der Waals surface area contributed by atoms with Crippen molar-refractivity contribution in [2.45, 2.75) is 19.3 Å². The molecule has 0 bridgehead atoms. The van der Waals surface area contributed by atoms with Gasteiger partial charge in [0.25, 0.3) is 0 Å². The highest BCUT2D eigenvalue weighted by Crippen LogP contribution is 2.54. The van der Waals surface area contributed by atoms with Crippen LogP contribution in [0.1, 0.15) is 25.0 Å². The molecular weight excluding hydrogens is 356 g/mol. The molecule has 0 atom stereocenters. The van der Waals surface area contributed by atoms with Gasteiger partial charge in [-0.2, -0.15) is 0 Å². The van der Waals surface area contributed by atoms with Crippen molar-refractivity contribution in [3.8, 4) is 32.4 Å². The number of hydrogen-bond donors (Lipinski definition) is 0. The van der Waals surface area contributed by atoms with E-state index < -0.39 is 0 Å². The maximum atomic E-state index is 6.64. The van der Waals surface area contributed by atoms with Crippen LogP contribution in [0.15, 0.2) is 71.4 Å². The van der Waals surface area contributed by atoms with E-state index in [1.807, 2.05) is 0 Å². The monoisotopic (exact) mass is 374 g/mol. The standard InChI is InChI=1S/C23H18OS2/c1-23(2)17-9-3-7-15(19-11-5-13-25-19)21(17)24-22-16(8-4-10-18(22)23)20-12-6-14-26-20/h3-14H,1-2H3. The summed E-state index contributed by atoms with van der Waals surface area (Å²) in [6, 6.07) is 21.5. The maximum Gasteiger partial charge on any atom is 0.140 e. The molecule has 2 aromatic heterocycles. The van der Waals surface area contributed by atoms with Gasteiger partial charge in [0, 0.05) is 37.4 Å². The van der Waals surface area contributed by atoms with Gasteiger partial charge in [0.1, 0.15) is 11.5 Å². The van der Waals surface area contributed by atoms with Gasteiger partial charge in [-0.3, -0.25) is 0 Å². The molecule has 0 radical (unpaired) electrons. The highest BCUT2D eigenvalue weighted by atomic mass is 32.1. The lowest BCUT2D eigenvalue weighted by molar-refractivity contribution is 0.421. The molecular formula is C23H18OS2. The molecule has 0 saturated heterocycles. The van der Waals surface area contributed by atoms with E-state index in [0.29, 0.717) is 0 Å². The van der Waals surface area contributed by atoms with E-state index in [1.54, 1.807) is 22.7 Å². The van der Waals surface area contributed by atoms with Gasteiger partial charge in [0.05, 0.1) is 0 Å². The van der Waals surface area contributed by atoms with Crippen molar-refractivity contribution in [2.24, 2.45) is 0 Å². The number of rotatable bonds is 2. The fraction of sp³-hybridized carbons (Fsp3) is 0.130. The van der Waals surface area contributed by atoms with Crippen LogP contribution in [0.2, 0.25) is 0 Å². The van der Waals surface area contributed by atoms with E-state index in [0.717, 1.165) is 11.5 Å². The van der Waals surface area contributed by atoms with E-state index in [1.165, 1.54) is 32.0 Å². The average molecular weight is 375 g/mol. The van der Waals surface area contributed by atoms with Crippen LogP contribution >= 0.6 is 22.7 Å². The van der Waals surface area contributed by atoms with E-state index in [9.17, 15) is 0 Å². The normalized spacial score (nSPS) is 14.4. The first-order valence-electron chi connectivity index (χ1n) is 8.69. The first-order valence-corrected chi connectivity index (χ1v) is 10.4. The highest BCUT2D eigenvalue weighted by Gasteiger charge is 2.36. The zero-order valence-electron chi connectivity index (χ0n) is 14.7. The summed E-state index contributed by atoms with van der Waals surface area (Å²) in [6.45, 7) is 4.59. The molecule has 0 saturated carbocycles. The van der Waals surface area contributed by atoms with Crippen molar-refractivity contribution in [1.82, 2.24) is 0 Å². The lowest BCUT2D eigenvalue weighted by atomic mass is 9.74. The molecule has 0 spiro atoms. The minimum absolute atomic E-state index is 0.108. The zero-order valence-corrected chi connectivity index (χ0v) is 16.3. The van der Waals surface area contributed by atoms with E-state index in [-0.39, 0.29) is 5.41 Å². The van der Waals surface area contributed by atoms with Crippen LogP contribution < -0.4 is 4.74 Å². The molecule has 4 aromatic rings. The second-order valence-electron chi connectivity index (χ2n) is 7.05. The lowest BCUT2D eigenvalue weighted by Gasteiger charge is -2.36. The van der Waals surface area contributed by atoms with Crippen molar-refractivity contribution in [3.63, 3.8) is 0 Å². The van der Waals surface area contributed by atoms with Crippen molar-refractivity contribution in [2.75, 3.05) is 0 Å². The Bertz CT molecular complexity index is 988. The fourth-order valence-corrected chi connectivity index (χ4v) is 5.27. The molecule has 3 heterocycles. The Morgan fingerprint density at radius 1 is 0.654 bits per heavy atom. The SMILES string of the molecule is CC1(C)c2cccc(-c3cccs3)c2Oc2c(-c3cccs3)cccc21. The van der Waals surface area contributed by atoms with Crippen LogP contribution in [0.3, 0.4) is 0 Å². The van der Waals surface area contributed by atoms with Crippen LogP contribution in [0.4, 0.5) is 0 Å². The summed E-state index contributed by atoms with van der Waals surface area (Å²) >= 11 is 3.51. The summed E-state index contributed by atoms with van der Waals surface area (Å²) in [5.41, 5.74) is 4.75. The molecule has 1 nitrogen and oxygen atoms in total. The van der Waals surface area contributed by atoms with Crippen LogP contribution in [-0.4, -0.2) is 0 Å².